The normalized spacial score (nSPS) is 12.6. The Balaban J connectivity index is 0.906. The Morgan fingerprint density at radius 3 is 1.09 bits per heavy atom. The number of hydrogen-bond donors (Lipinski definition) is 0. The predicted molar refractivity (Wildman–Crippen MR) is 397 cm³/mol. The van der Waals surface area contributed by atoms with Gasteiger partial charge in [0.2, 0.25) is 0 Å². The first kappa shape index (κ1) is 58.0. The van der Waals surface area contributed by atoms with Crippen LogP contribution in [0.3, 0.4) is 0 Å². The van der Waals surface area contributed by atoms with E-state index in [0.29, 0.717) is 34.9 Å². The average molecular weight is 1240 g/mol. The molecule has 458 valence electrons. The van der Waals surface area contributed by atoms with Crippen molar-refractivity contribution < 1.29 is 0 Å². The number of benzene rings is 12. The summed E-state index contributed by atoms with van der Waals surface area (Å²) in [6.45, 7) is 13.7. The van der Waals surface area contributed by atoms with E-state index in [0.717, 1.165) is 95.4 Å². The summed E-state index contributed by atoms with van der Waals surface area (Å²) in [5.41, 5.74) is 23.0. The van der Waals surface area contributed by atoms with Crippen LogP contribution in [0, 0.1) is 0 Å². The summed E-state index contributed by atoms with van der Waals surface area (Å²) >= 11 is 0. The van der Waals surface area contributed by atoms with Crippen molar-refractivity contribution in [3.8, 4) is 85.1 Å². The highest BCUT2D eigenvalue weighted by Crippen LogP contribution is 2.47. The molecular weight excluding hydrogens is 1170 g/mol. The highest BCUT2D eigenvalue weighted by Gasteiger charge is 2.43. The monoisotopic (exact) mass is 1240 g/mol. The average Bonchev–Trinajstić information content (AvgIpc) is 1.08. The van der Waals surface area contributed by atoms with Crippen LogP contribution in [0.2, 0.25) is 0 Å². The predicted octanol–water partition coefficient (Wildman–Crippen LogP) is 19.5. The molecule has 3 aromatic heterocycles. The Morgan fingerprint density at radius 1 is 0.271 bits per heavy atom. The van der Waals surface area contributed by atoms with E-state index in [9.17, 15) is 0 Å². The molecule has 0 saturated heterocycles. The standard InChI is InChI=1S/C86H66BN9/c1-85(2,3)62-44-47-71-66(53-62)67-54-63(86(4,5)6)45-48-72(67)96(71)73-46-43-60(83-89-79(55-27-12-7-13-28-55)88-80(90-83)56-29-14-8-15-30-56)50-68(73)84-92-81(57-31-16-9-17-32-57)91-82(93-84)59-34-26-33-58(49-59)61-51-76-78-77(52-61)95(65-37-20-11-21-38-65)75-42-25-23-40-70(75)87(78)69-39-22-24-41-74(69)94(76)64-35-18-10-19-36-64/h7-54H,1-6H3. The molecule has 96 heavy (non-hydrogen) atoms. The second-order valence-electron chi connectivity index (χ2n) is 27.1. The van der Waals surface area contributed by atoms with Crippen LogP contribution in [0.4, 0.5) is 34.1 Å². The zero-order valence-electron chi connectivity index (χ0n) is 54.3. The number of aromatic nitrogens is 7. The van der Waals surface area contributed by atoms with E-state index < -0.39 is 0 Å². The summed E-state index contributed by atoms with van der Waals surface area (Å²) in [7, 11) is 0. The van der Waals surface area contributed by atoms with Crippen LogP contribution in [0.25, 0.3) is 107 Å². The highest BCUT2D eigenvalue weighted by atomic mass is 15.2. The lowest BCUT2D eigenvalue weighted by Gasteiger charge is -2.44. The Labute approximate surface area is 559 Å². The number of nitrogens with zero attached hydrogens (tertiary/aromatic N) is 9. The maximum Gasteiger partial charge on any atom is 0.252 e. The van der Waals surface area contributed by atoms with Crippen LogP contribution in [0.15, 0.2) is 291 Å². The summed E-state index contributed by atoms with van der Waals surface area (Å²) in [5, 5.41) is 2.35. The second kappa shape index (κ2) is 23.0. The Bertz CT molecular complexity index is 5270. The Morgan fingerprint density at radius 2 is 0.646 bits per heavy atom. The first-order chi connectivity index (χ1) is 46.9. The van der Waals surface area contributed by atoms with Gasteiger partial charge in [-0.2, -0.15) is 0 Å². The number of para-hydroxylation sites is 4. The minimum absolute atomic E-state index is 0.0162. The molecule has 9 nitrogen and oxygen atoms in total. The van der Waals surface area contributed by atoms with Gasteiger partial charge in [0.1, 0.15) is 0 Å². The summed E-state index contributed by atoms with van der Waals surface area (Å²) in [6.07, 6.45) is 0. The number of rotatable bonds is 10. The van der Waals surface area contributed by atoms with Gasteiger partial charge < -0.3 is 14.4 Å². The first-order valence-electron chi connectivity index (χ1n) is 33.0. The van der Waals surface area contributed by atoms with Gasteiger partial charge in [0.15, 0.2) is 34.9 Å². The lowest BCUT2D eigenvalue weighted by atomic mass is 9.33. The summed E-state index contributed by atoms with van der Waals surface area (Å²) in [5.74, 6) is 3.23. The van der Waals surface area contributed by atoms with E-state index in [4.69, 9.17) is 29.9 Å². The van der Waals surface area contributed by atoms with Gasteiger partial charge in [-0.05, 0) is 147 Å². The van der Waals surface area contributed by atoms with E-state index in [1.54, 1.807) is 0 Å². The van der Waals surface area contributed by atoms with Gasteiger partial charge in [-0.25, -0.2) is 29.9 Å². The van der Waals surface area contributed by atoms with Crippen molar-refractivity contribution in [3.63, 3.8) is 0 Å². The van der Waals surface area contributed by atoms with Gasteiger partial charge in [0.25, 0.3) is 6.71 Å². The van der Waals surface area contributed by atoms with Crippen LogP contribution >= 0.6 is 0 Å². The largest absolute Gasteiger partial charge is 0.311 e. The van der Waals surface area contributed by atoms with E-state index in [1.165, 1.54) is 38.3 Å². The van der Waals surface area contributed by atoms with Crippen molar-refractivity contribution in [2.24, 2.45) is 0 Å². The molecule has 0 atom stereocenters. The maximum atomic E-state index is 5.69. The molecule has 0 radical (unpaired) electrons. The molecule has 5 heterocycles. The van der Waals surface area contributed by atoms with E-state index in [-0.39, 0.29) is 17.5 Å². The van der Waals surface area contributed by atoms with E-state index >= 15 is 0 Å². The molecule has 10 heteroatoms. The quantitative estimate of drug-likeness (QED) is 0.125. The molecule has 0 fully saturated rings. The van der Waals surface area contributed by atoms with Gasteiger partial charge >= 0.3 is 0 Å². The topological polar surface area (TPSA) is 88.7 Å². The van der Waals surface area contributed by atoms with Crippen LogP contribution in [0.5, 0.6) is 0 Å². The van der Waals surface area contributed by atoms with Crippen molar-refractivity contribution >= 4 is 79.0 Å². The molecule has 12 aromatic carbocycles. The summed E-state index contributed by atoms with van der Waals surface area (Å²) in [4.78, 5) is 37.3. The maximum absolute atomic E-state index is 5.69. The van der Waals surface area contributed by atoms with Crippen molar-refractivity contribution in [1.29, 1.82) is 0 Å². The molecule has 0 bridgehead atoms. The highest BCUT2D eigenvalue weighted by molar-refractivity contribution is 7.00. The number of anilines is 6. The summed E-state index contributed by atoms with van der Waals surface area (Å²) < 4.78 is 2.40. The number of hydrogen-bond acceptors (Lipinski definition) is 8. The molecule has 15 aromatic rings. The third-order valence-corrected chi connectivity index (χ3v) is 19.0. The zero-order valence-corrected chi connectivity index (χ0v) is 54.3. The van der Waals surface area contributed by atoms with Gasteiger partial charge in [-0.1, -0.05) is 236 Å². The molecule has 0 aliphatic carbocycles. The van der Waals surface area contributed by atoms with Gasteiger partial charge in [0.05, 0.1) is 16.7 Å². The minimum Gasteiger partial charge on any atom is -0.311 e. The van der Waals surface area contributed by atoms with Gasteiger partial charge in [0, 0.05) is 78.3 Å². The third-order valence-electron chi connectivity index (χ3n) is 19.0. The molecule has 0 N–H and O–H groups in total. The first-order valence-corrected chi connectivity index (χ1v) is 33.0. The van der Waals surface area contributed by atoms with Crippen LogP contribution in [-0.4, -0.2) is 41.2 Å². The van der Waals surface area contributed by atoms with E-state index in [1.807, 2.05) is 78.9 Å². The molecule has 2 aliphatic heterocycles. The van der Waals surface area contributed by atoms with Crippen molar-refractivity contribution in [1.82, 2.24) is 34.5 Å². The van der Waals surface area contributed by atoms with Crippen LogP contribution in [0.1, 0.15) is 52.7 Å². The smallest absolute Gasteiger partial charge is 0.252 e. The van der Waals surface area contributed by atoms with E-state index in [2.05, 4.69) is 268 Å². The molecular formula is C86H66BN9. The van der Waals surface area contributed by atoms with Crippen molar-refractivity contribution in [2.75, 3.05) is 9.80 Å². The lowest BCUT2D eigenvalue weighted by molar-refractivity contribution is 0.590. The fourth-order valence-corrected chi connectivity index (χ4v) is 14.2. The SMILES string of the molecule is CC(C)(C)c1ccc2c(c1)c1cc(C(C)(C)C)ccc1n2-c1ccc(-c2nc(-c3ccccc3)nc(-c3ccccc3)n2)cc1-c1nc(-c2ccccc2)nc(-c2cccc(-c3cc4c5c(c3)N(c3ccccc3)c3ccccc3B5c3ccccc3N4c3ccccc3)c2)n1. The molecule has 2 aliphatic rings. The molecule has 0 unspecified atom stereocenters. The lowest BCUT2D eigenvalue weighted by Crippen LogP contribution is -2.61. The second-order valence-corrected chi connectivity index (χ2v) is 27.1. The fraction of sp³-hybridized carbons (Fsp3) is 0.0930. The van der Waals surface area contributed by atoms with Crippen molar-refractivity contribution in [2.45, 2.75) is 52.4 Å². The zero-order chi connectivity index (χ0) is 64.8. The number of fused-ring (bicyclic) bond motifs is 7. The molecule has 0 amide bonds. The summed E-state index contributed by atoms with van der Waals surface area (Å²) in [6, 6.07) is 104. The fourth-order valence-electron chi connectivity index (χ4n) is 14.2. The van der Waals surface area contributed by atoms with Gasteiger partial charge in [-0.15, -0.1) is 0 Å². The third kappa shape index (κ3) is 10.1. The van der Waals surface area contributed by atoms with Gasteiger partial charge in [-0.3, -0.25) is 0 Å². The molecule has 0 saturated carbocycles. The minimum atomic E-state index is -0.0891. The Kier molecular flexibility index (Phi) is 13.9. The van der Waals surface area contributed by atoms with Crippen molar-refractivity contribution in [3.05, 3.63) is 302 Å². The Hall–Kier alpha value is -11.9. The van der Waals surface area contributed by atoms with Crippen LogP contribution < -0.4 is 26.2 Å². The van der Waals surface area contributed by atoms with Crippen LogP contribution in [-0.2, 0) is 10.8 Å². The molecule has 0 spiro atoms. The molecule has 17 rings (SSSR count).